The highest BCUT2D eigenvalue weighted by atomic mass is 32.2. The summed E-state index contributed by atoms with van der Waals surface area (Å²) >= 11 is 0. The van der Waals surface area contributed by atoms with E-state index in [0.717, 1.165) is 0 Å². The molecule has 0 aliphatic heterocycles. The van der Waals surface area contributed by atoms with Crippen LogP contribution < -0.4 is 5.32 Å². The molecular weight excluding hydrogens is 312 g/mol. The first-order chi connectivity index (χ1) is 10.9. The van der Waals surface area contributed by atoms with Gasteiger partial charge >= 0.3 is 0 Å². The molecule has 1 N–H and O–H groups in total. The number of pyridine rings is 1. The van der Waals surface area contributed by atoms with E-state index in [1.54, 1.807) is 62.5 Å². The first-order valence-electron chi connectivity index (χ1n) is 7.39. The zero-order valence-corrected chi connectivity index (χ0v) is 14.0. The Labute approximate surface area is 136 Å². The van der Waals surface area contributed by atoms with Crippen molar-refractivity contribution in [1.29, 1.82) is 0 Å². The Kier molecular flexibility index (Phi) is 5.50. The number of nitrogens with zero attached hydrogens (tertiary/aromatic N) is 1. The van der Waals surface area contributed by atoms with E-state index in [9.17, 15) is 13.2 Å². The first kappa shape index (κ1) is 17.1. The number of hydrogen-bond donors (Lipinski definition) is 1. The van der Waals surface area contributed by atoms with Gasteiger partial charge in [0.2, 0.25) is 5.91 Å². The molecule has 0 fully saturated rings. The van der Waals surface area contributed by atoms with Crippen LogP contribution >= 0.6 is 0 Å². The van der Waals surface area contributed by atoms with Gasteiger partial charge in [0.25, 0.3) is 0 Å². The molecule has 1 amide bonds. The van der Waals surface area contributed by atoms with E-state index in [2.05, 4.69) is 10.3 Å². The molecule has 0 saturated carbocycles. The molecule has 2 rings (SSSR count). The van der Waals surface area contributed by atoms with Crippen molar-refractivity contribution in [2.24, 2.45) is 5.92 Å². The minimum atomic E-state index is -3.63. The number of benzene rings is 1. The molecule has 0 aliphatic carbocycles. The maximum absolute atomic E-state index is 12.9. The lowest BCUT2D eigenvalue weighted by Gasteiger charge is -2.19. The average molecular weight is 332 g/mol. The molecule has 1 aromatic heterocycles. The van der Waals surface area contributed by atoms with Crippen LogP contribution in [0.2, 0.25) is 0 Å². The van der Waals surface area contributed by atoms with Crippen LogP contribution in [-0.4, -0.2) is 25.9 Å². The second-order valence-corrected chi connectivity index (χ2v) is 7.66. The van der Waals surface area contributed by atoms with Crippen molar-refractivity contribution >= 4 is 15.7 Å². The van der Waals surface area contributed by atoms with E-state index in [1.165, 1.54) is 6.20 Å². The van der Waals surface area contributed by atoms with Crippen molar-refractivity contribution in [3.05, 3.63) is 60.4 Å². The SMILES string of the molecule is CC(C)C(=O)NC[C@@H](c1cccnc1)S(=O)(=O)c1ccccc1. The fourth-order valence-corrected chi connectivity index (χ4v) is 3.81. The topological polar surface area (TPSA) is 76.1 Å². The summed E-state index contributed by atoms with van der Waals surface area (Å²) in [5, 5.41) is 1.84. The fourth-order valence-electron chi connectivity index (χ4n) is 2.14. The predicted molar refractivity (Wildman–Crippen MR) is 88.5 cm³/mol. The molecule has 0 saturated heterocycles. The van der Waals surface area contributed by atoms with E-state index in [-0.39, 0.29) is 23.3 Å². The molecular formula is C17H20N2O3S. The molecule has 0 aliphatic rings. The zero-order chi connectivity index (χ0) is 16.9. The van der Waals surface area contributed by atoms with E-state index in [0.29, 0.717) is 5.56 Å². The molecule has 0 bridgehead atoms. The molecule has 122 valence electrons. The first-order valence-corrected chi connectivity index (χ1v) is 8.94. The number of carbonyl (C=O) groups is 1. The maximum atomic E-state index is 12.9. The van der Waals surface area contributed by atoms with E-state index >= 15 is 0 Å². The predicted octanol–water partition coefficient (Wildman–Crippen LogP) is 2.37. The smallest absolute Gasteiger partial charge is 0.222 e. The van der Waals surface area contributed by atoms with Gasteiger partial charge in [0.05, 0.1) is 4.90 Å². The van der Waals surface area contributed by atoms with Crippen LogP contribution in [0.25, 0.3) is 0 Å². The van der Waals surface area contributed by atoms with Gasteiger partial charge in [0.15, 0.2) is 9.84 Å². The second-order valence-electron chi connectivity index (χ2n) is 5.53. The maximum Gasteiger partial charge on any atom is 0.222 e. The van der Waals surface area contributed by atoms with Crippen molar-refractivity contribution in [3.63, 3.8) is 0 Å². The quantitative estimate of drug-likeness (QED) is 0.881. The highest BCUT2D eigenvalue weighted by Crippen LogP contribution is 2.27. The third-order valence-electron chi connectivity index (χ3n) is 3.49. The molecule has 0 unspecified atom stereocenters. The lowest BCUT2D eigenvalue weighted by atomic mass is 10.2. The summed E-state index contributed by atoms with van der Waals surface area (Å²) in [6.45, 7) is 3.54. The lowest BCUT2D eigenvalue weighted by molar-refractivity contribution is -0.123. The molecule has 0 radical (unpaired) electrons. The van der Waals surface area contributed by atoms with Crippen LogP contribution in [0.4, 0.5) is 0 Å². The Hall–Kier alpha value is -2.21. The molecule has 5 nitrogen and oxygen atoms in total. The summed E-state index contributed by atoms with van der Waals surface area (Å²) in [6.07, 6.45) is 3.11. The number of hydrogen-bond acceptors (Lipinski definition) is 4. The van der Waals surface area contributed by atoms with Gasteiger partial charge in [0, 0.05) is 24.9 Å². The van der Waals surface area contributed by atoms with Gasteiger partial charge in [-0.15, -0.1) is 0 Å². The summed E-state index contributed by atoms with van der Waals surface area (Å²) < 4.78 is 25.9. The third-order valence-corrected chi connectivity index (χ3v) is 5.61. The van der Waals surface area contributed by atoms with Gasteiger partial charge in [-0.25, -0.2) is 8.42 Å². The standard InChI is InChI=1S/C17H20N2O3S/c1-13(2)17(20)19-12-16(14-7-6-10-18-11-14)23(21,22)15-8-4-3-5-9-15/h3-11,13,16H,12H2,1-2H3,(H,19,20)/t16-/m0/s1. The Morgan fingerprint density at radius 3 is 2.39 bits per heavy atom. The number of rotatable bonds is 6. The minimum absolute atomic E-state index is 0.0138. The zero-order valence-electron chi connectivity index (χ0n) is 13.1. The average Bonchev–Trinajstić information content (AvgIpc) is 2.56. The van der Waals surface area contributed by atoms with Gasteiger partial charge in [0.1, 0.15) is 5.25 Å². The summed E-state index contributed by atoms with van der Waals surface area (Å²) in [5.41, 5.74) is 0.556. The Morgan fingerprint density at radius 1 is 1.13 bits per heavy atom. The molecule has 2 aromatic rings. The van der Waals surface area contributed by atoms with Crippen molar-refractivity contribution in [2.75, 3.05) is 6.54 Å². The molecule has 1 heterocycles. The van der Waals surface area contributed by atoms with Crippen LogP contribution in [0, 0.1) is 5.92 Å². The van der Waals surface area contributed by atoms with Gasteiger partial charge < -0.3 is 5.32 Å². The van der Waals surface area contributed by atoms with Crippen LogP contribution in [0.1, 0.15) is 24.7 Å². The highest BCUT2D eigenvalue weighted by Gasteiger charge is 2.29. The lowest BCUT2D eigenvalue weighted by Crippen LogP contribution is -2.34. The summed E-state index contributed by atoms with van der Waals surface area (Å²) in [7, 11) is -3.63. The number of nitrogens with one attached hydrogen (secondary N) is 1. The number of carbonyl (C=O) groups excluding carboxylic acids is 1. The number of sulfone groups is 1. The Morgan fingerprint density at radius 2 is 1.83 bits per heavy atom. The summed E-state index contributed by atoms with van der Waals surface area (Å²) in [4.78, 5) is 16.0. The van der Waals surface area contributed by atoms with Gasteiger partial charge in [-0.1, -0.05) is 38.1 Å². The van der Waals surface area contributed by atoms with Crippen molar-refractivity contribution < 1.29 is 13.2 Å². The van der Waals surface area contributed by atoms with E-state index < -0.39 is 15.1 Å². The van der Waals surface area contributed by atoms with Gasteiger partial charge in [-0.2, -0.15) is 0 Å². The van der Waals surface area contributed by atoms with Gasteiger partial charge in [-0.05, 0) is 23.8 Å². The van der Waals surface area contributed by atoms with E-state index in [4.69, 9.17) is 0 Å². The molecule has 23 heavy (non-hydrogen) atoms. The summed E-state index contributed by atoms with van der Waals surface area (Å²) in [5.74, 6) is -0.383. The number of aromatic nitrogens is 1. The van der Waals surface area contributed by atoms with Crippen molar-refractivity contribution in [2.45, 2.75) is 24.0 Å². The Balaban J connectivity index is 2.36. The number of amides is 1. The molecule has 6 heteroatoms. The second kappa shape index (κ2) is 7.37. The van der Waals surface area contributed by atoms with Crippen LogP contribution in [0.3, 0.4) is 0 Å². The fraction of sp³-hybridized carbons (Fsp3) is 0.294. The molecule has 0 spiro atoms. The molecule has 1 aromatic carbocycles. The summed E-state index contributed by atoms with van der Waals surface area (Å²) in [6, 6.07) is 11.6. The third kappa shape index (κ3) is 4.16. The van der Waals surface area contributed by atoms with Crippen molar-refractivity contribution in [1.82, 2.24) is 10.3 Å². The van der Waals surface area contributed by atoms with Gasteiger partial charge in [-0.3, -0.25) is 9.78 Å². The van der Waals surface area contributed by atoms with Crippen molar-refractivity contribution in [3.8, 4) is 0 Å². The highest BCUT2D eigenvalue weighted by molar-refractivity contribution is 7.91. The van der Waals surface area contributed by atoms with Crippen LogP contribution in [-0.2, 0) is 14.6 Å². The molecule has 1 atom stereocenters. The van der Waals surface area contributed by atoms with E-state index in [1.807, 2.05) is 0 Å². The normalized spacial score (nSPS) is 12.8. The monoisotopic (exact) mass is 332 g/mol. The largest absolute Gasteiger partial charge is 0.354 e. The van der Waals surface area contributed by atoms with Crippen LogP contribution in [0.5, 0.6) is 0 Å². The Bertz CT molecular complexity index is 744. The minimum Gasteiger partial charge on any atom is -0.354 e. The van der Waals surface area contributed by atoms with Crippen LogP contribution in [0.15, 0.2) is 59.8 Å².